The van der Waals surface area contributed by atoms with Crippen molar-refractivity contribution >= 4 is 11.8 Å². The van der Waals surface area contributed by atoms with Crippen molar-refractivity contribution in [3.05, 3.63) is 29.8 Å². The predicted octanol–water partition coefficient (Wildman–Crippen LogP) is 0.680. The summed E-state index contributed by atoms with van der Waals surface area (Å²) in [6.07, 6.45) is -0.150. The quantitative estimate of drug-likeness (QED) is 0.864. The van der Waals surface area contributed by atoms with Gasteiger partial charge in [-0.1, -0.05) is 12.1 Å². The monoisotopic (exact) mass is 290 g/mol. The number of carbonyl (C=O) groups is 2. The first kappa shape index (κ1) is 14.0. The summed E-state index contributed by atoms with van der Waals surface area (Å²) < 4.78 is 5.81. The average Bonchev–Trinajstić information content (AvgIpc) is 2.47. The second-order valence-electron chi connectivity index (χ2n) is 5.58. The number of Topliss-reactive ketones (excluding diaryl/α,β-unsaturated/α-hetero) is 1. The zero-order valence-electron chi connectivity index (χ0n) is 11.9. The number of likely N-dealkylation sites (N-methyl/N-ethyl adjacent to an activating group) is 1. The van der Waals surface area contributed by atoms with Gasteiger partial charge in [0.15, 0.2) is 5.78 Å². The van der Waals surface area contributed by atoms with E-state index in [4.69, 9.17) is 4.74 Å². The van der Waals surface area contributed by atoms with Crippen molar-refractivity contribution in [1.29, 1.82) is 0 Å². The first-order valence-corrected chi connectivity index (χ1v) is 7.01. The standard InChI is InChI=1S/C15H18N2O4/c1-16-6-8-17(9-7-16)15(14(19)20)10-12(18)11-4-2-3-5-13(11)21-15/h2-5H,6-10H2,1H3,(H,19,20). The van der Waals surface area contributed by atoms with Crippen LogP contribution in [0.5, 0.6) is 5.75 Å². The molecular weight excluding hydrogens is 272 g/mol. The van der Waals surface area contributed by atoms with E-state index >= 15 is 0 Å². The Morgan fingerprint density at radius 1 is 1.24 bits per heavy atom. The number of carboxylic acid groups (broad SMARTS) is 1. The molecule has 1 saturated heterocycles. The largest absolute Gasteiger partial charge is 0.477 e. The molecule has 6 heteroatoms. The molecule has 1 unspecified atom stereocenters. The molecule has 6 nitrogen and oxygen atoms in total. The normalized spacial score (nSPS) is 27.0. The minimum Gasteiger partial charge on any atom is -0.477 e. The SMILES string of the molecule is CN1CCN(C2(C(=O)O)CC(=O)c3ccccc3O2)CC1. The maximum absolute atomic E-state index is 12.3. The third kappa shape index (κ3) is 2.30. The van der Waals surface area contributed by atoms with Crippen LogP contribution in [-0.4, -0.2) is 65.6 Å². The van der Waals surface area contributed by atoms with Gasteiger partial charge in [-0.25, -0.2) is 4.79 Å². The van der Waals surface area contributed by atoms with Crippen molar-refractivity contribution in [3.63, 3.8) is 0 Å². The third-order valence-corrected chi connectivity index (χ3v) is 4.21. The van der Waals surface area contributed by atoms with Crippen molar-refractivity contribution < 1.29 is 19.4 Å². The molecule has 0 amide bonds. The van der Waals surface area contributed by atoms with Gasteiger partial charge in [0.2, 0.25) is 0 Å². The zero-order valence-corrected chi connectivity index (χ0v) is 11.9. The van der Waals surface area contributed by atoms with Crippen molar-refractivity contribution in [1.82, 2.24) is 9.80 Å². The Balaban J connectivity index is 1.97. The number of ether oxygens (including phenoxy) is 1. The van der Waals surface area contributed by atoms with Crippen LogP contribution < -0.4 is 4.74 Å². The Morgan fingerprint density at radius 2 is 1.90 bits per heavy atom. The molecule has 3 rings (SSSR count). The third-order valence-electron chi connectivity index (χ3n) is 4.21. The van der Waals surface area contributed by atoms with Gasteiger partial charge in [0, 0.05) is 26.2 Å². The summed E-state index contributed by atoms with van der Waals surface area (Å²) in [6, 6.07) is 6.82. The Kier molecular flexibility index (Phi) is 3.43. The molecule has 1 fully saturated rings. The Bertz CT molecular complexity index is 581. The molecule has 0 bridgehead atoms. The molecule has 0 spiro atoms. The second-order valence-corrected chi connectivity index (χ2v) is 5.58. The van der Waals surface area contributed by atoms with Crippen LogP contribution in [0.3, 0.4) is 0 Å². The number of piperazine rings is 1. The van der Waals surface area contributed by atoms with Gasteiger partial charge >= 0.3 is 5.97 Å². The highest BCUT2D eigenvalue weighted by Crippen LogP contribution is 2.36. The summed E-state index contributed by atoms with van der Waals surface area (Å²) in [6.45, 7) is 2.65. The Hall–Kier alpha value is -1.92. The fourth-order valence-corrected chi connectivity index (χ4v) is 2.92. The minimum absolute atomic E-state index is 0.150. The molecule has 0 aromatic heterocycles. The lowest BCUT2D eigenvalue weighted by atomic mass is 9.94. The van der Waals surface area contributed by atoms with E-state index in [0.717, 1.165) is 13.1 Å². The minimum atomic E-state index is -1.58. The van der Waals surface area contributed by atoms with Gasteiger partial charge < -0.3 is 14.7 Å². The molecule has 0 radical (unpaired) electrons. The van der Waals surface area contributed by atoms with Crippen molar-refractivity contribution in [2.45, 2.75) is 12.1 Å². The number of benzene rings is 1. The summed E-state index contributed by atoms with van der Waals surface area (Å²) in [5, 5.41) is 9.72. The number of ketones is 1. The topological polar surface area (TPSA) is 70.1 Å². The zero-order chi connectivity index (χ0) is 15.0. The number of rotatable bonds is 2. The number of para-hydroxylation sites is 1. The van der Waals surface area contributed by atoms with E-state index in [1.807, 2.05) is 7.05 Å². The number of hydrogen-bond acceptors (Lipinski definition) is 5. The molecule has 21 heavy (non-hydrogen) atoms. The summed E-state index contributed by atoms with van der Waals surface area (Å²) in [4.78, 5) is 28.1. The smallest absolute Gasteiger partial charge is 0.364 e. The lowest BCUT2D eigenvalue weighted by molar-refractivity contribution is -0.180. The van der Waals surface area contributed by atoms with Crippen molar-refractivity contribution in [2.75, 3.05) is 33.2 Å². The molecule has 0 saturated carbocycles. The molecular formula is C15H18N2O4. The average molecular weight is 290 g/mol. The fraction of sp³-hybridized carbons (Fsp3) is 0.467. The van der Waals surface area contributed by atoms with E-state index in [1.54, 1.807) is 29.2 Å². The van der Waals surface area contributed by atoms with Crippen LogP contribution in [0.1, 0.15) is 16.8 Å². The molecule has 1 aromatic carbocycles. The van der Waals surface area contributed by atoms with Crippen LogP contribution in [0.2, 0.25) is 0 Å². The van der Waals surface area contributed by atoms with Crippen LogP contribution in [0, 0.1) is 0 Å². The summed E-state index contributed by atoms with van der Waals surface area (Å²) in [7, 11) is 1.99. The highest BCUT2D eigenvalue weighted by molar-refractivity contribution is 6.03. The fourth-order valence-electron chi connectivity index (χ4n) is 2.92. The number of carboxylic acids is 1. The maximum Gasteiger partial charge on any atom is 0.364 e. The predicted molar refractivity (Wildman–Crippen MR) is 75.5 cm³/mol. The van der Waals surface area contributed by atoms with Crippen molar-refractivity contribution in [3.8, 4) is 5.75 Å². The molecule has 2 heterocycles. The van der Waals surface area contributed by atoms with Gasteiger partial charge in [0.05, 0.1) is 12.0 Å². The van der Waals surface area contributed by atoms with E-state index in [2.05, 4.69) is 4.90 Å². The van der Waals surface area contributed by atoms with Gasteiger partial charge in [-0.15, -0.1) is 0 Å². The van der Waals surface area contributed by atoms with Gasteiger partial charge in [-0.05, 0) is 19.2 Å². The van der Waals surface area contributed by atoms with Crippen LogP contribution in [0.25, 0.3) is 0 Å². The number of aliphatic carboxylic acids is 1. The molecule has 2 aliphatic rings. The van der Waals surface area contributed by atoms with Crippen LogP contribution in [0.15, 0.2) is 24.3 Å². The number of hydrogen-bond donors (Lipinski definition) is 1. The lowest BCUT2D eigenvalue weighted by Gasteiger charge is -2.45. The molecule has 2 aliphatic heterocycles. The van der Waals surface area contributed by atoms with Crippen LogP contribution >= 0.6 is 0 Å². The molecule has 0 aliphatic carbocycles. The van der Waals surface area contributed by atoms with Crippen LogP contribution in [0.4, 0.5) is 0 Å². The van der Waals surface area contributed by atoms with Gasteiger partial charge in [-0.3, -0.25) is 9.69 Å². The van der Waals surface area contributed by atoms with Crippen molar-refractivity contribution in [2.24, 2.45) is 0 Å². The molecule has 1 N–H and O–H groups in total. The Labute approximate surface area is 122 Å². The van der Waals surface area contributed by atoms with E-state index in [1.165, 1.54) is 0 Å². The Morgan fingerprint density at radius 3 is 2.57 bits per heavy atom. The van der Waals surface area contributed by atoms with E-state index in [9.17, 15) is 14.7 Å². The first-order valence-electron chi connectivity index (χ1n) is 7.01. The highest BCUT2D eigenvalue weighted by Gasteiger charge is 2.52. The summed E-state index contributed by atoms with van der Waals surface area (Å²) in [5.41, 5.74) is -1.12. The molecule has 1 aromatic rings. The van der Waals surface area contributed by atoms with Crippen LogP contribution in [-0.2, 0) is 4.79 Å². The summed E-state index contributed by atoms with van der Waals surface area (Å²) >= 11 is 0. The van der Waals surface area contributed by atoms with Gasteiger partial charge in [-0.2, -0.15) is 0 Å². The first-order chi connectivity index (χ1) is 10.0. The maximum atomic E-state index is 12.3. The van der Waals surface area contributed by atoms with Gasteiger partial charge in [0.25, 0.3) is 5.72 Å². The van der Waals surface area contributed by atoms with Gasteiger partial charge in [0.1, 0.15) is 5.75 Å². The van der Waals surface area contributed by atoms with E-state index in [0.29, 0.717) is 24.4 Å². The number of nitrogens with zero attached hydrogens (tertiary/aromatic N) is 2. The summed E-state index contributed by atoms with van der Waals surface area (Å²) in [5.74, 6) is -0.928. The second kappa shape index (κ2) is 5.13. The van der Waals surface area contributed by atoms with E-state index < -0.39 is 11.7 Å². The number of carbonyl (C=O) groups excluding carboxylic acids is 1. The highest BCUT2D eigenvalue weighted by atomic mass is 16.5. The lowest BCUT2D eigenvalue weighted by Crippen LogP contribution is -2.65. The number of fused-ring (bicyclic) bond motifs is 1. The molecule has 112 valence electrons. The molecule has 1 atom stereocenters. The van der Waals surface area contributed by atoms with E-state index in [-0.39, 0.29) is 12.2 Å².